The molecular formula is C13H20N2O2. The maximum absolute atomic E-state index is 10.9. The number of hydrogen-bond donors (Lipinski definition) is 1. The lowest BCUT2D eigenvalue weighted by atomic mass is 9.95. The maximum Gasteiger partial charge on any atom is 0.274 e. The Kier molecular flexibility index (Phi) is 4.10. The summed E-state index contributed by atoms with van der Waals surface area (Å²) in [5, 5.41) is 14.2. The SMILES string of the molecule is CCC(C)(CC)Nc1ccc(C)c([N+](=O)[O-])c1. The van der Waals surface area contributed by atoms with Crippen molar-refractivity contribution in [3.63, 3.8) is 0 Å². The lowest BCUT2D eigenvalue weighted by Gasteiger charge is -2.29. The van der Waals surface area contributed by atoms with Gasteiger partial charge in [0.2, 0.25) is 0 Å². The second-order valence-electron chi connectivity index (χ2n) is 4.65. The van der Waals surface area contributed by atoms with Crippen molar-refractivity contribution in [3.8, 4) is 0 Å². The molecule has 0 saturated carbocycles. The van der Waals surface area contributed by atoms with E-state index in [9.17, 15) is 10.1 Å². The molecule has 1 N–H and O–H groups in total. The Morgan fingerprint density at radius 1 is 1.35 bits per heavy atom. The molecule has 94 valence electrons. The van der Waals surface area contributed by atoms with Crippen LogP contribution in [-0.2, 0) is 0 Å². The number of nitrogens with zero attached hydrogens (tertiary/aromatic N) is 1. The number of nitro benzene ring substituents is 1. The van der Waals surface area contributed by atoms with Crippen LogP contribution in [0.4, 0.5) is 11.4 Å². The molecule has 0 spiro atoms. The molecule has 0 aromatic heterocycles. The van der Waals surface area contributed by atoms with Gasteiger partial charge < -0.3 is 5.32 Å². The molecule has 0 aliphatic heterocycles. The Bertz CT molecular complexity index is 412. The van der Waals surface area contributed by atoms with E-state index in [0.717, 1.165) is 18.5 Å². The van der Waals surface area contributed by atoms with Gasteiger partial charge in [-0.1, -0.05) is 19.9 Å². The Balaban J connectivity index is 3.01. The number of nitrogens with one attached hydrogen (secondary N) is 1. The van der Waals surface area contributed by atoms with Gasteiger partial charge in [-0.25, -0.2) is 0 Å². The lowest BCUT2D eigenvalue weighted by Crippen LogP contribution is -2.32. The van der Waals surface area contributed by atoms with Crippen LogP contribution in [0.2, 0.25) is 0 Å². The molecule has 0 saturated heterocycles. The lowest BCUT2D eigenvalue weighted by molar-refractivity contribution is -0.385. The smallest absolute Gasteiger partial charge is 0.274 e. The quantitative estimate of drug-likeness (QED) is 0.623. The fourth-order valence-corrected chi connectivity index (χ4v) is 1.66. The van der Waals surface area contributed by atoms with Gasteiger partial charge in [-0.05, 0) is 32.8 Å². The molecular weight excluding hydrogens is 216 g/mol. The van der Waals surface area contributed by atoms with Crippen molar-refractivity contribution in [3.05, 3.63) is 33.9 Å². The predicted molar refractivity (Wildman–Crippen MR) is 70.4 cm³/mol. The van der Waals surface area contributed by atoms with Crippen molar-refractivity contribution in [2.75, 3.05) is 5.32 Å². The second kappa shape index (κ2) is 5.17. The molecule has 0 atom stereocenters. The van der Waals surface area contributed by atoms with Crippen LogP contribution in [0.1, 0.15) is 39.2 Å². The molecule has 17 heavy (non-hydrogen) atoms. The number of rotatable bonds is 5. The van der Waals surface area contributed by atoms with Crippen molar-refractivity contribution in [2.45, 2.75) is 46.1 Å². The Morgan fingerprint density at radius 2 is 1.94 bits per heavy atom. The van der Waals surface area contributed by atoms with Crippen LogP contribution in [0, 0.1) is 17.0 Å². The van der Waals surface area contributed by atoms with Gasteiger partial charge in [0.15, 0.2) is 0 Å². The standard InChI is InChI=1S/C13H20N2O2/c1-5-13(4,6-2)14-11-8-7-10(3)12(9-11)15(16)17/h7-9,14H,5-6H2,1-4H3. The van der Waals surface area contributed by atoms with E-state index in [0.29, 0.717) is 5.56 Å². The number of hydrogen-bond acceptors (Lipinski definition) is 3. The number of benzene rings is 1. The van der Waals surface area contributed by atoms with Crippen molar-refractivity contribution in [2.24, 2.45) is 0 Å². The molecule has 1 aromatic carbocycles. The van der Waals surface area contributed by atoms with Crippen LogP contribution in [0.5, 0.6) is 0 Å². The summed E-state index contributed by atoms with van der Waals surface area (Å²) >= 11 is 0. The van der Waals surface area contributed by atoms with E-state index in [2.05, 4.69) is 26.1 Å². The molecule has 0 aliphatic carbocycles. The van der Waals surface area contributed by atoms with Gasteiger partial charge in [0, 0.05) is 22.9 Å². The van der Waals surface area contributed by atoms with Crippen molar-refractivity contribution in [1.82, 2.24) is 0 Å². The minimum Gasteiger partial charge on any atom is -0.380 e. The fourth-order valence-electron chi connectivity index (χ4n) is 1.66. The second-order valence-corrected chi connectivity index (χ2v) is 4.65. The van der Waals surface area contributed by atoms with E-state index < -0.39 is 0 Å². The molecule has 4 heteroatoms. The first kappa shape index (κ1) is 13.5. The van der Waals surface area contributed by atoms with E-state index in [4.69, 9.17) is 0 Å². The maximum atomic E-state index is 10.9. The molecule has 0 fully saturated rings. The zero-order chi connectivity index (χ0) is 13.1. The molecule has 0 heterocycles. The van der Waals surface area contributed by atoms with Gasteiger partial charge >= 0.3 is 0 Å². The normalized spacial score (nSPS) is 11.3. The zero-order valence-electron chi connectivity index (χ0n) is 10.9. The average molecular weight is 236 g/mol. The Labute approximate surface area is 102 Å². The third-order valence-corrected chi connectivity index (χ3v) is 3.41. The van der Waals surface area contributed by atoms with Crippen LogP contribution in [0.3, 0.4) is 0 Å². The first-order chi connectivity index (χ1) is 7.91. The summed E-state index contributed by atoms with van der Waals surface area (Å²) in [4.78, 5) is 10.5. The molecule has 0 bridgehead atoms. The van der Waals surface area contributed by atoms with Crippen molar-refractivity contribution >= 4 is 11.4 Å². The van der Waals surface area contributed by atoms with E-state index in [1.54, 1.807) is 19.1 Å². The van der Waals surface area contributed by atoms with E-state index in [-0.39, 0.29) is 16.1 Å². The van der Waals surface area contributed by atoms with Crippen LogP contribution in [0.15, 0.2) is 18.2 Å². The number of aryl methyl sites for hydroxylation is 1. The highest BCUT2D eigenvalue weighted by Gasteiger charge is 2.20. The van der Waals surface area contributed by atoms with Crippen LogP contribution >= 0.6 is 0 Å². The molecule has 1 aromatic rings. The minimum atomic E-state index is -0.338. The molecule has 1 rings (SSSR count). The van der Waals surface area contributed by atoms with Gasteiger partial charge in [-0.15, -0.1) is 0 Å². The summed E-state index contributed by atoms with van der Waals surface area (Å²) in [6.45, 7) is 8.09. The average Bonchev–Trinajstić information content (AvgIpc) is 2.31. The third-order valence-electron chi connectivity index (χ3n) is 3.41. The molecule has 0 amide bonds. The summed E-state index contributed by atoms with van der Waals surface area (Å²) in [6, 6.07) is 5.29. The van der Waals surface area contributed by atoms with E-state index in [1.807, 2.05) is 6.07 Å². The topological polar surface area (TPSA) is 55.2 Å². The van der Waals surface area contributed by atoms with Crippen LogP contribution < -0.4 is 5.32 Å². The summed E-state index contributed by atoms with van der Waals surface area (Å²) < 4.78 is 0. The monoisotopic (exact) mass is 236 g/mol. The summed E-state index contributed by atoms with van der Waals surface area (Å²) in [6.07, 6.45) is 1.95. The molecule has 0 aliphatic rings. The van der Waals surface area contributed by atoms with Crippen LogP contribution in [-0.4, -0.2) is 10.5 Å². The largest absolute Gasteiger partial charge is 0.380 e. The van der Waals surface area contributed by atoms with Crippen molar-refractivity contribution < 1.29 is 4.92 Å². The van der Waals surface area contributed by atoms with Gasteiger partial charge in [-0.3, -0.25) is 10.1 Å². The van der Waals surface area contributed by atoms with Gasteiger partial charge in [0.1, 0.15) is 0 Å². The highest BCUT2D eigenvalue weighted by atomic mass is 16.6. The molecule has 0 unspecified atom stereocenters. The van der Waals surface area contributed by atoms with Gasteiger partial charge in [0.25, 0.3) is 5.69 Å². The predicted octanol–water partition coefficient (Wildman–Crippen LogP) is 3.89. The first-order valence-electron chi connectivity index (χ1n) is 5.95. The summed E-state index contributed by atoms with van der Waals surface area (Å²) in [5.74, 6) is 0. The van der Waals surface area contributed by atoms with Gasteiger partial charge in [0.05, 0.1) is 4.92 Å². The van der Waals surface area contributed by atoms with Crippen LogP contribution in [0.25, 0.3) is 0 Å². The minimum absolute atomic E-state index is 0.0108. The number of nitro groups is 1. The first-order valence-corrected chi connectivity index (χ1v) is 5.95. The molecule has 4 nitrogen and oxygen atoms in total. The zero-order valence-corrected chi connectivity index (χ0v) is 10.9. The highest BCUT2D eigenvalue weighted by molar-refractivity contribution is 5.55. The third kappa shape index (κ3) is 3.19. The summed E-state index contributed by atoms with van der Waals surface area (Å²) in [5.41, 5.74) is 1.66. The number of anilines is 1. The van der Waals surface area contributed by atoms with E-state index in [1.165, 1.54) is 0 Å². The fraction of sp³-hybridized carbons (Fsp3) is 0.538. The van der Waals surface area contributed by atoms with Gasteiger partial charge in [-0.2, -0.15) is 0 Å². The summed E-state index contributed by atoms with van der Waals surface area (Å²) in [7, 11) is 0. The highest BCUT2D eigenvalue weighted by Crippen LogP contribution is 2.26. The molecule has 0 radical (unpaired) electrons. The van der Waals surface area contributed by atoms with Crippen molar-refractivity contribution in [1.29, 1.82) is 0 Å². The Hall–Kier alpha value is -1.58. The Morgan fingerprint density at radius 3 is 2.41 bits per heavy atom. The van der Waals surface area contributed by atoms with E-state index >= 15 is 0 Å².